The number of rotatable bonds is 3. The predicted molar refractivity (Wildman–Crippen MR) is 76.8 cm³/mol. The van der Waals surface area contributed by atoms with Crippen molar-refractivity contribution in [1.82, 2.24) is 15.1 Å². The molecule has 20 heavy (non-hydrogen) atoms. The van der Waals surface area contributed by atoms with Gasteiger partial charge in [0.15, 0.2) is 0 Å². The van der Waals surface area contributed by atoms with Crippen molar-refractivity contribution in [2.75, 3.05) is 45.9 Å². The maximum Gasteiger partial charge on any atom is 0.317 e. The molecule has 0 spiro atoms. The zero-order valence-electron chi connectivity index (χ0n) is 12.8. The number of hydrogen-bond donors (Lipinski definition) is 1. The first kappa shape index (κ1) is 15.5. The van der Waals surface area contributed by atoms with Gasteiger partial charge in [0.1, 0.15) is 0 Å². The van der Waals surface area contributed by atoms with E-state index in [1.807, 2.05) is 18.7 Å². The summed E-state index contributed by atoms with van der Waals surface area (Å²) in [6.45, 7) is 11.8. The van der Waals surface area contributed by atoms with Crippen molar-refractivity contribution in [1.29, 1.82) is 0 Å². The summed E-state index contributed by atoms with van der Waals surface area (Å²) in [7, 11) is 0. The Hall–Kier alpha value is -0.850. The highest BCUT2D eigenvalue weighted by Gasteiger charge is 2.26. The van der Waals surface area contributed by atoms with E-state index >= 15 is 0 Å². The number of carbonyl (C=O) groups is 1. The van der Waals surface area contributed by atoms with E-state index < -0.39 is 0 Å². The number of morpholine rings is 2. The Morgan fingerprint density at radius 3 is 2.45 bits per heavy atom. The second-order valence-corrected chi connectivity index (χ2v) is 5.93. The summed E-state index contributed by atoms with van der Waals surface area (Å²) in [6.07, 6.45) is 0.220. The van der Waals surface area contributed by atoms with Gasteiger partial charge in [-0.05, 0) is 20.8 Å². The molecule has 0 aliphatic carbocycles. The van der Waals surface area contributed by atoms with Crippen LogP contribution in [-0.4, -0.2) is 80.0 Å². The first-order valence-electron chi connectivity index (χ1n) is 7.55. The molecule has 0 aromatic rings. The molecule has 0 aromatic carbocycles. The van der Waals surface area contributed by atoms with Crippen molar-refractivity contribution in [3.63, 3.8) is 0 Å². The zero-order valence-corrected chi connectivity index (χ0v) is 12.8. The Bertz CT molecular complexity index is 311. The second kappa shape index (κ2) is 7.24. The van der Waals surface area contributed by atoms with Crippen molar-refractivity contribution in [2.24, 2.45) is 0 Å². The van der Waals surface area contributed by atoms with Gasteiger partial charge in [0.25, 0.3) is 0 Å². The van der Waals surface area contributed by atoms with Crippen LogP contribution in [0.5, 0.6) is 0 Å². The lowest BCUT2D eigenvalue weighted by Gasteiger charge is -2.36. The Morgan fingerprint density at radius 2 is 1.85 bits per heavy atom. The van der Waals surface area contributed by atoms with Gasteiger partial charge < -0.3 is 19.7 Å². The Balaban J connectivity index is 1.75. The Kier molecular flexibility index (Phi) is 5.63. The van der Waals surface area contributed by atoms with Crippen LogP contribution in [0.1, 0.15) is 20.8 Å². The maximum absolute atomic E-state index is 12.3. The van der Waals surface area contributed by atoms with Crippen molar-refractivity contribution in [3.05, 3.63) is 0 Å². The molecule has 2 aliphatic heterocycles. The van der Waals surface area contributed by atoms with E-state index in [2.05, 4.69) is 17.1 Å². The first-order chi connectivity index (χ1) is 9.54. The van der Waals surface area contributed by atoms with Gasteiger partial charge in [-0.25, -0.2) is 4.79 Å². The molecule has 1 N–H and O–H groups in total. The third-order valence-electron chi connectivity index (χ3n) is 3.71. The summed E-state index contributed by atoms with van der Waals surface area (Å²) in [4.78, 5) is 16.4. The van der Waals surface area contributed by atoms with Crippen LogP contribution in [0.4, 0.5) is 4.79 Å². The minimum atomic E-state index is 0.0211. The lowest BCUT2D eigenvalue weighted by atomic mass is 10.2. The molecule has 3 unspecified atom stereocenters. The van der Waals surface area contributed by atoms with Crippen LogP contribution in [0.15, 0.2) is 0 Å². The van der Waals surface area contributed by atoms with Crippen molar-refractivity contribution < 1.29 is 14.3 Å². The van der Waals surface area contributed by atoms with E-state index in [1.165, 1.54) is 0 Å². The SMILES string of the molecule is CC(CN1CCOCC1)NC(=O)N1CC(C)OC(C)C1. The molecule has 116 valence electrons. The minimum absolute atomic E-state index is 0.0211. The van der Waals surface area contributed by atoms with Crippen LogP contribution < -0.4 is 5.32 Å². The lowest BCUT2D eigenvalue weighted by molar-refractivity contribution is -0.0548. The molecule has 0 aromatic heterocycles. The molecule has 6 nitrogen and oxygen atoms in total. The van der Waals surface area contributed by atoms with Gasteiger partial charge >= 0.3 is 6.03 Å². The molecule has 0 radical (unpaired) electrons. The van der Waals surface area contributed by atoms with Crippen LogP contribution in [0, 0.1) is 0 Å². The molecule has 6 heteroatoms. The molecule has 3 atom stereocenters. The molecule has 2 amide bonds. The molecule has 2 aliphatic rings. The van der Waals surface area contributed by atoms with E-state index in [9.17, 15) is 4.79 Å². The summed E-state index contributed by atoms with van der Waals surface area (Å²) in [6, 6.07) is 0.168. The topological polar surface area (TPSA) is 54.0 Å². The van der Waals surface area contributed by atoms with Crippen LogP contribution in [0.25, 0.3) is 0 Å². The van der Waals surface area contributed by atoms with Gasteiger partial charge in [0.2, 0.25) is 0 Å². The average Bonchev–Trinajstić information content (AvgIpc) is 2.38. The fourth-order valence-electron chi connectivity index (χ4n) is 2.86. The monoisotopic (exact) mass is 285 g/mol. The molecule has 2 heterocycles. The Labute approximate surface area is 121 Å². The summed E-state index contributed by atoms with van der Waals surface area (Å²) in [5.41, 5.74) is 0. The van der Waals surface area contributed by atoms with Crippen molar-refractivity contribution >= 4 is 6.03 Å². The predicted octanol–water partition coefficient (Wildman–Crippen LogP) is 0.526. The highest BCUT2D eigenvalue weighted by Crippen LogP contribution is 2.10. The summed E-state index contributed by atoms with van der Waals surface area (Å²) >= 11 is 0. The molecular weight excluding hydrogens is 258 g/mol. The molecule has 2 rings (SSSR count). The van der Waals surface area contributed by atoms with Crippen LogP contribution in [0.2, 0.25) is 0 Å². The Morgan fingerprint density at radius 1 is 1.25 bits per heavy atom. The van der Waals surface area contributed by atoms with Crippen LogP contribution in [0.3, 0.4) is 0 Å². The van der Waals surface area contributed by atoms with Crippen molar-refractivity contribution in [3.8, 4) is 0 Å². The fraction of sp³-hybridized carbons (Fsp3) is 0.929. The van der Waals surface area contributed by atoms with Gasteiger partial charge in [-0.3, -0.25) is 4.90 Å². The number of ether oxygens (including phenoxy) is 2. The highest BCUT2D eigenvalue weighted by atomic mass is 16.5. The molecule has 0 saturated carbocycles. The zero-order chi connectivity index (χ0) is 14.5. The third-order valence-corrected chi connectivity index (χ3v) is 3.71. The lowest BCUT2D eigenvalue weighted by Crippen LogP contribution is -2.55. The summed E-state index contributed by atoms with van der Waals surface area (Å²) in [5, 5.41) is 3.09. The highest BCUT2D eigenvalue weighted by molar-refractivity contribution is 5.74. The molecule has 2 fully saturated rings. The number of carbonyl (C=O) groups excluding carboxylic acids is 1. The van der Waals surface area contributed by atoms with Crippen LogP contribution in [-0.2, 0) is 9.47 Å². The minimum Gasteiger partial charge on any atom is -0.379 e. The molecule has 0 bridgehead atoms. The molecule has 2 saturated heterocycles. The quantitative estimate of drug-likeness (QED) is 0.822. The fourth-order valence-corrected chi connectivity index (χ4v) is 2.86. The van der Waals surface area contributed by atoms with Crippen molar-refractivity contribution in [2.45, 2.75) is 39.0 Å². The number of nitrogens with zero attached hydrogens (tertiary/aromatic N) is 2. The summed E-state index contributed by atoms with van der Waals surface area (Å²) < 4.78 is 11.0. The van der Waals surface area contributed by atoms with E-state index in [4.69, 9.17) is 9.47 Å². The third kappa shape index (κ3) is 4.61. The normalized spacial score (nSPS) is 30.1. The van der Waals surface area contributed by atoms with E-state index in [1.54, 1.807) is 0 Å². The van der Waals surface area contributed by atoms with Gasteiger partial charge in [-0.2, -0.15) is 0 Å². The van der Waals surface area contributed by atoms with Gasteiger partial charge in [0.05, 0.1) is 25.4 Å². The first-order valence-corrected chi connectivity index (χ1v) is 7.55. The van der Waals surface area contributed by atoms with Gasteiger partial charge in [-0.15, -0.1) is 0 Å². The van der Waals surface area contributed by atoms with Gasteiger partial charge in [0, 0.05) is 38.8 Å². The number of hydrogen-bond acceptors (Lipinski definition) is 4. The maximum atomic E-state index is 12.3. The number of nitrogens with one attached hydrogen (secondary N) is 1. The second-order valence-electron chi connectivity index (χ2n) is 5.93. The van der Waals surface area contributed by atoms with E-state index in [0.29, 0.717) is 13.1 Å². The largest absolute Gasteiger partial charge is 0.379 e. The summed E-state index contributed by atoms with van der Waals surface area (Å²) in [5.74, 6) is 0. The number of amides is 2. The number of urea groups is 1. The average molecular weight is 285 g/mol. The standard InChI is InChI=1S/C14H27N3O3/c1-11(8-16-4-6-19-7-5-16)15-14(18)17-9-12(2)20-13(3)10-17/h11-13H,4-10H2,1-3H3,(H,15,18). The van der Waals surface area contributed by atoms with Gasteiger partial charge in [-0.1, -0.05) is 0 Å². The van der Waals surface area contributed by atoms with E-state index in [-0.39, 0.29) is 24.3 Å². The van der Waals surface area contributed by atoms with E-state index in [0.717, 1.165) is 32.8 Å². The van der Waals surface area contributed by atoms with Crippen LogP contribution >= 0.6 is 0 Å². The smallest absolute Gasteiger partial charge is 0.317 e. The molecular formula is C14H27N3O3.